The Bertz CT molecular complexity index is 503. The lowest BCUT2D eigenvalue weighted by Gasteiger charge is -2.15. The van der Waals surface area contributed by atoms with E-state index in [1.54, 1.807) is 0 Å². The van der Waals surface area contributed by atoms with Crippen molar-refractivity contribution in [1.82, 2.24) is 0 Å². The molecule has 0 amide bonds. The second-order valence-corrected chi connectivity index (χ2v) is 3.62. The van der Waals surface area contributed by atoms with Gasteiger partial charge in [0.05, 0.1) is 24.2 Å². The third kappa shape index (κ3) is 3.36. The average Bonchev–Trinajstić information content (AvgIpc) is 2.34. The van der Waals surface area contributed by atoms with Crippen LogP contribution in [0.1, 0.15) is 10.4 Å². The van der Waals surface area contributed by atoms with Crippen LogP contribution in [0.5, 0.6) is 0 Å². The highest BCUT2D eigenvalue weighted by molar-refractivity contribution is 5.90. The first kappa shape index (κ1) is 14.8. The zero-order valence-corrected chi connectivity index (χ0v) is 9.54. The highest BCUT2D eigenvalue weighted by Crippen LogP contribution is 2.28. The van der Waals surface area contributed by atoms with E-state index in [1.807, 2.05) is 0 Å². The number of carbonyl (C=O) groups is 1. The van der Waals surface area contributed by atoms with Crippen molar-refractivity contribution in [3.8, 4) is 0 Å². The van der Waals surface area contributed by atoms with Gasteiger partial charge in [0.1, 0.15) is 17.1 Å². The maximum atomic E-state index is 13.4. The van der Waals surface area contributed by atoms with Gasteiger partial charge in [0.25, 0.3) is 5.69 Å². The molecule has 0 saturated heterocycles. The number of anilines is 1. The molecule has 104 valence electrons. The summed E-state index contributed by atoms with van der Waals surface area (Å²) < 4.78 is 13.4. The summed E-state index contributed by atoms with van der Waals surface area (Å²) in [7, 11) is 0. The number of benzene rings is 1. The van der Waals surface area contributed by atoms with E-state index in [4.69, 9.17) is 15.3 Å². The first-order valence-corrected chi connectivity index (χ1v) is 5.10. The lowest BCUT2D eigenvalue weighted by Crippen LogP contribution is -2.28. The number of nitro groups is 1. The Morgan fingerprint density at radius 1 is 1.42 bits per heavy atom. The van der Waals surface area contributed by atoms with Gasteiger partial charge >= 0.3 is 5.97 Å². The monoisotopic (exact) mass is 274 g/mol. The molecule has 0 unspecified atom stereocenters. The molecule has 1 aromatic carbocycles. The first-order chi connectivity index (χ1) is 8.90. The third-order valence-corrected chi connectivity index (χ3v) is 2.31. The van der Waals surface area contributed by atoms with Crippen molar-refractivity contribution in [3.63, 3.8) is 0 Å². The normalized spacial score (nSPS) is 10.5. The standard InChI is InChI=1S/C10H11FN2O6/c11-7-2-8(12-5(3-14)4-15)9(13(18)19)1-6(7)10(16)17/h1-2,5,12,14-15H,3-4H2,(H,16,17). The van der Waals surface area contributed by atoms with E-state index in [0.29, 0.717) is 12.1 Å². The maximum absolute atomic E-state index is 13.4. The number of hydrogen-bond acceptors (Lipinski definition) is 6. The second-order valence-electron chi connectivity index (χ2n) is 3.62. The summed E-state index contributed by atoms with van der Waals surface area (Å²) in [6.45, 7) is -1.06. The molecule has 0 atom stereocenters. The van der Waals surface area contributed by atoms with E-state index in [1.165, 1.54) is 0 Å². The Hall–Kier alpha value is -2.26. The van der Waals surface area contributed by atoms with Gasteiger partial charge in [-0.3, -0.25) is 10.1 Å². The van der Waals surface area contributed by atoms with Crippen LogP contribution in [0.3, 0.4) is 0 Å². The fourth-order valence-electron chi connectivity index (χ4n) is 1.36. The molecule has 0 bridgehead atoms. The minimum absolute atomic E-state index is 0.319. The van der Waals surface area contributed by atoms with Crippen LogP contribution >= 0.6 is 0 Å². The number of hydrogen-bond donors (Lipinski definition) is 4. The van der Waals surface area contributed by atoms with E-state index in [0.717, 1.165) is 0 Å². The van der Waals surface area contributed by atoms with Crippen molar-refractivity contribution in [3.05, 3.63) is 33.6 Å². The highest BCUT2D eigenvalue weighted by Gasteiger charge is 2.23. The fraction of sp³-hybridized carbons (Fsp3) is 0.300. The van der Waals surface area contributed by atoms with Crippen LogP contribution in [0.15, 0.2) is 12.1 Å². The highest BCUT2D eigenvalue weighted by atomic mass is 19.1. The third-order valence-electron chi connectivity index (χ3n) is 2.31. The Kier molecular flexibility index (Phi) is 4.73. The van der Waals surface area contributed by atoms with Gasteiger partial charge < -0.3 is 20.6 Å². The van der Waals surface area contributed by atoms with Crippen LogP contribution in [-0.4, -0.2) is 45.5 Å². The average molecular weight is 274 g/mol. The number of nitrogens with zero attached hydrogens (tertiary/aromatic N) is 1. The Labute approximate surface area is 106 Å². The summed E-state index contributed by atoms with van der Waals surface area (Å²) in [5, 5.41) is 39.5. The Morgan fingerprint density at radius 2 is 2.00 bits per heavy atom. The number of aliphatic hydroxyl groups excluding tert-OH is 2. The molecule has 1 rings (SSSR count). The Morgan fingerprint density at radius 3 is 2.42 bits per heavy atom. The van der Waals surface area contributed by atoms with Crippen molar-refractivity contribution in [2.75, 3.05) is 18.5 Å². The topological polar surface area (TPSA) is 133 Å². The van der Waals surface area contributed by atoms with E-state index >= 15 is 0 Å². The number of aliphatic hydroxyl groups is 2. The Balaban J connectivity index is 3.27. The zero-order chi connectivity index (χ0) is 14.6. The molecule has 19 heavy (non-hydrogen) atoms. The van der Waals surface area contributed by atoms with Crippen LogP contribution in [0.4, 0.5) is 15.8 Å². The van der Waals surface area contributed by atoms with Gasteiger partial charge in [0.2, 0.25) is 0 Å². The number of rotatable bonds is 6. The van der Waals surface area contributed by atoms with E-state index in [2.05, 4.69) is 5.32 Å². The lowest BCUT2D eigenvalue weighted by atomic mass is 10.1. The molecule has 0 aliphatic carbocycles. The molecule has 0 heterocycles. The SMILES string of the molecule is O=C(O)c1cc([N+](=O)[O-])c(NC(CO)CO)cc1F. The second kappa shape index (κ2) is 6.07. The summed E-state index contributed by atoms with van der Waals surface area (Å²) >= 11 is 0. The van der Waals surface area contributed by atoms with Gasteiger partial charge in [0.15, 0.2) is 0 Å². The molecule has 0 aliphatic heterocycles. The molecule has 1 aromatic rings. The molecule has 0 spiro atoms. The van der Waals surface area contributed by atoms with E-state index in [9.17, 15) is 19.3 Å². The van der Waals surface area contributed by atoms with Gasteiger partial charge in [-0.1, -0.05) is 0 Å². The van der Waals surface area contributed by atoms with Crippen LogP contribution in [-0.2, 0) is 0 Å². The van der Waals surface area contributed by atoms with Crippen LogP contribution in [0.2, 0.25) is 0 Å². The zero-order valence-electron chi connectivity index (χ0n) is 9.54. The molecule has 9 heteroatoms. The minimum Gasteiger partial charge on any atom is -0.478 e. The summed E-state index contributed by atoms with van der Waals surface area (Å²) in [6, 6.07) is 0.292. The number of carboxylic acid groups (broad SMARTS) is 1. The maximum Gasteiger partial charge on any atom is 0.338 e. The summed E-state index contributed by atoms with van der Waals surface area (Å²) in [4.78, 5) is 20.6. The van der Waals surface area contributed by atoms with Crippen LogP contribution in [0, 0.1) is 15.9 Å². The van der Waals surface area contributed by atoms with E-state index in [-0.39, 0.29) is 5.69 Å². The predicted octanol–water partition coefficient (Wildman–Crippen LogP) is 0.197. The van der Waals surface area contributed by atoms with Gasteiger partial charge in [0, 0.05) is 12.1 Å². The number of nitro benzene ring substituents is 1. The summed E-state index contributed by atoms with van der Waals surface area (Å²) in [5.74, 6) is -2.79. The predicted molar refractivity (Wildman–Crippen MR) is 61.6 cm³/mol. The van der Waals surface area contributed by atoms with Crippen LogP contribution < -0.4 is 5.32 Å². The molecule has 0 saturated carbocycles. The number of aromatic carboxylic acids is 1. The van der Waals surface area contributed by atoms with Gasteiger partial charge in [-0.25, -0.2) is 9.18 Å². The van der Waals surface area contributed by atoms with Gasteiger partial charge in [-0.2, -0.15) is 0 Å². The minimum atomic E-state index is -1.63. The molecule has 0 radical (unpaired) electrons. The van der Waals surface area contributed by atoms with Crippen molar-refractivity contribution in [1.29, 1.82) is 0 Å². The number of carboxylic acids is 1. The fourth-order valence-corrected chi connectivity index (χ4v) is 1.36. The van der Waals surface area contributed by atoms with Crippen molar-refractivity contribution < 1.29 is 29.4 Å². The quantitative estimate of drug-likeness (QED) is 0.430. The molecule has 0 aromatic heterocycles. The molecular weight excluding hydrogens is 263 g/mol. The van der Waals surface area contributed by atoms with Crippen molar-refractivity contribution in [2.24, 2.45) is 0 Å². The number of halogens is 1. The molecule has 0 aliphatic rings. The summed E-state index contributed by atoms with van der Waals surface area (Å²) in [6.07, 6.45) is 0. The smallest absolute Gasteiger partial charge is 0.338 e. The van der Waals surface area contributed by atoms with E-state index < -0.39 is 47.2 Å². The van der Waals surface area contributed by atoms with Crippen LogP contribution in [0.25, 0.3) is 0 Å². The molecule has 0 fully saturated rings. The lowest BCUT2D eigenvalue weighted by molar-refractivity contribution is -0.384. The number of nitrogens with one attached hydrogen (secondary N) is 1. The van der Waals surface area contributed by atoms with Crippen molar-refractivity contribution in [2.45, 2.75) is 6.04 Å². The summed E-state index contributed by atoms with van der Waals surface area (Å²) in [5.41, 5.74) is -1.81. The van der Waals surface area contributed by atoms with Gasteiger partial charge in [-0.15, -0.1) is 0 Å². The van der Waals surface area contributed by atoms with Crippen molar-refractivity contribution >= 4 is 17.3 Å². The molecule has 4 N–H and O–H groups in total. The first-order valence-electron chi connectivity index (χ1n) is 5.10. The molecule has 8 nitrogen and oxygen atoms in total. The largest absolute Gasteiger partial charge is 0.478 e. The molecular formula is C10H11FN2O6. The van der Waals surface area contributed by atoms with Gasteiger partial charge in [-0.05, 0) is 0 Å².